The maximum Gasteiger partial charge on any atom is 0.105 e. The second kappa shape index (κ2) is 3.33. The van der Waals surface area contributed by atoms with E-state index in [1.54, 1.807) is 11.3 Å². The number of β-amino-alcohol motifs (C(OH)–C–C–N with tert-alkyl or cyclic N) is 1. The van der Waals surface area contributed by atoms with Gasteiger partial charge in [0.2, 0.25) is 0 Å². The average Bonchev–Trinajstić information content (AvgIpc) is 2.60. The Morgan fingerprint density at radius 3 is 2.79 bits per heavy atom. The Bertz CT molecular complexity index is 324. The van der Waals surface area contributed by atoms with Crippen LogP contribution < -0.4 is 0 Å². The minimum atomic E-state index is -0.612. The first kappa shape index (κ1) is 10.1. The van der Waals surface area contributed by atoms with Crippen molar-refractivity contribution in [1.82, 2.24) is 4.90 Å². The van der Waals surface area contributed by atoms with E-state index in [4.69, 9.17) is 0 Å². The molecule has 14 heavy (non-hydrogen) atoms. The quantitative estimate of drug-likeness (QED) is 0.767. The molecule has 0 aliphatic carbocycles. The van der Waals surface area contributed by atoms with Crippen LogP contribution in [0, 0.1) is 6.92 Å². The van der Waals surface area contributed by atoms with E-state index >= 15 is 0 Å². The molecule has 1 aromatic rings. The minimum Gasteiger partial charge on any atom is -0.384 e. The number of rotatable bonds is 1. The number of hydrogen-bond donors (Lipinski definition) is 1. The molecule has 1 aromatic heterocycles. The van der Waals surface area contributed by atoms with Gasteiger partial charge in [0.25, 0.3) is 0 Å². The molecule has 1 fully saturated rings. The summed E-state index contributed by atoms with van der Waals surface area (Å²) in [5.74, 6) is 0. The topological polar surface area (TPSA) is 23.5 Å². The summed E-state index contributed by atoms with van der Waals surface area (Å²) in [6.07, 6.45) is 0.847. The largest absolute Gasteiger partial charge is 0.384 e. The van der Waals surface area contributed by atoms with Crippen LogP contribution in [0.4, 0.5) is 0 Å². The molecule has 1 saturated heterocycles. The van der Waals surface area contributed by atoms with Gasteiger partial charge in [-0.2, -0.15) is 0 Å². The number of nitrogens with zero attached hydrogens (tertiary/aromatic N) is 1. The van der Waals surface area contributed by atoms with Crippen molar-refractivity contribution in [2.45, 2.75) is 31.9 Å². The minimum absolute atomic E-state index is 0.472. The Kier molecular flexibility index (Phi) is 2.41. The fourth-order valence-corrected chi connectivity index (χ4v) is 2.97. The third kappa shape index (κ3) is 1.60. The van der Waals surface area contributed by atoms with Crippen molar-refractivity contribution in [3.8, 4) is 0 Å². The van der Waals surface area contributed by atoms with Crippen molar-refractivity contribution in [3.05, 3.63) is 21.9 Å². The normalized spacial score (nSPS) is 33.9. The summed E-state index contributed by atoms with van der Waals surface area (Å²) in [7, 11) is 2.07. The monoisotopic (exact) mass is 211 g/mol. The number of likely N-dealkylation sites (N-methyl/N-ethyl adjacent to an activating group) is 1. The van der Waals surface area contributed by atoms with Gasteiger partial charge in [-0.15, -0.1) is 11.3 Å². The lowest BCUT2D eigenvalue weighted by Gasteiger charge is -2.20. The number of likely N-dealkylation sites (tertiary alicyclic amines) is 1. The maximum atomic E-state index is 10.5. The Balaban J connectivity index is 2.26. The Labute approximate surface area is 89.2 Å². The fraction of sp³-hybridized carbons (Fsp3) is 0.636. The second-order valence-electron chi connectivity index (χ2n) is 4.45. The molecule has 78 valence electrons. The highest BCUT2D eigenvalue weighted by atomic mass is 32.1. The lowest BCUT2D eigenvalue weighted by Crippen LogP contribution is -2.28. The summed E-state index contributed by atoms with van der Waals surface area (Å²) in [4.78, 5) is 3.49. The number of aliphatic hydroxyl groups is 1. The zero-order valence-electron chi connectivity index (χ0n) is 8.95. The highest BCUT2D eigenvalue weighted by molar-refractivity contribution is 7.10. The molecule has 0 radical (unpaired) electrons. The van der Waals surface area contributed by atoms with Gasteiger partial charge in [-0.3, -0.25) is 0 Å². The Morgan fingerprint density at radius 1 is 1.64 bits per heavy atom. The van der Waals surface area contributed by atoms with Crippen LogP contribution in [0.3, 0.4) is 0 Å². The van der Waals surface area contributed by atoms with E-state index in [1.165, 1.54) is 4.88 Å². The molecule has 1 aliphatic rings. The van der Waals surface area contributed by atoms with Crippen molar-refractivity contribution in [3.63, 3.8) is 0 Å². The Hall–Kier alpha value is -0.380. The molecule has 0 amide bonds. The van der Waals surface area contributed by atoms with Crippen molar-refractivity contribution >= 4 is 11.3 Å². The molecule has 0 spiro atoms. The molecule has 0 saturated carbocycles. The van der Waals surface area contributed by atoms with Crippen LogP contribution in [0.5, 0.6) is 0 Å². The second-order valence-corrected chi connectivity index (χ2v) is 5.56. The van der Waals surface area contributed by atoms with Gasteiger partial charge in [0, 0.05) is 17.5 Å². The van der Waals surface area contributed by atoms with Gasteiger partial charge in [0.15, 0.2) is 0 Å². The molecule has 2 rings (SSSR count). The first-order valence-corrected chi connectivity index (χ1v) is 5.87. The fourth-order valence-electron chi connectivity index (χ4n) is 2.17. The first-order chi connectivity index (χ1) is 6.51. The van der Waals surface area contributed by atoms with Crippen LogP contribution in [0.25, 0.3) is 0 Å². The van der Waals surface area contributed by atoms with E-state index in [0.717, 1.165) is 18.5 Å². The van der Waals surface area contributed by atoms with Crippen LogP contribution >= 0.6 is 11.3 Å². The summed E-state index contributed by atoms with van der Waals surface area (Å²) in [5, 5.41) is 12.6. The lowest BCUT2D eigenvalue weighted by molar-refractivity contribution is 0.0490. The van der Waals surface area contributed by atoms with Gasteiger partial charge < -0.3 is 10.0 Å². The molecule has 2 atom stereocenters. The van der Waals surface area contributed by atoms with Gasteiger partial charge in [0.1, 0.15) is 5.60 Å². The SMILES string of the molecule is Cc1cc(C2(O)CC(C)N(C)C2)cs1. The first-order valence-electron chi connectivity index (χ1n) is 4.99. The zero-order chi connectivity index (χ0) is 10.3. The zero-order valence-corrected chi connectivity index (χ0v) is 9.77. The van der Waals surface area contributed by atoms with Crippen LogP contribution in [0.1, 0.15) is 23.8 Å². The third-order valence-electron chi connectivity index (χ3n) is 3.16. The van der Waals surface area contributed by atoms with Crippen molar-refractivity contribution in [1.29, 1.82) is 0 Å². The predicted octanol–water partition coefficient (Wildman–Crippen LogP) is 1.97. The van der Waals surface area contributed by atoms with Crippen molar-refractivity contribution < 1.29 is 5.11 Å². The molecule has 1 N–H and O–H groups in total. The van der Waals surface area contributed by atoms with Gasteiger partial charge in [-0.05, 0) is 44.3 Å². The summed E-state index contributed by atoms with van der Waals surface area (Å²) in [5.41, 5.74) is 0.482. The summed E-state index contributed by atoms with van der Waals surface area (Å²) < 4.78 is 0. The molecule has 2 unspecified atom stereocenters. The van der Waals surface area contributed by atoms with Crippen LogP contribution in [-0.4, -0.2) is 29.6 Å². The van der Waals surface area contributed by atoms with E-state index in [2.05, 4.69) is 37.2 Å². The van der Waals surface area contributed by atoms with Crippen molar-refractivity contribution in [2.75, 3.05) is 13.6 Å². The van der Waals surface area contributed by atoms with E-state index in [0.29, 0.717) is 6.04 Å². The van der Waals surface area contributed by atoms with E-state index < -0.39 is 5.60 Å². The highest BCUT2D eigenvalue weighted by Gasteiger charge is 2.40. The lowest BCUT2D eigenvalue weighted by atomic mass is 9.94. The molecule has 2 nitrogen and oxygen atoms in total. The predicted molar refractivity (Wildman–Crippen MR) is 59.7 cm³/mol. The maximum absolute atomic E-state index is 10.5. The molecule has 0 bridgehead atoms. The number of aryl methyl sites for hydroxylation is 1. The molecule has 0 aromatic carbocycles. The highest BCUT2D eigenvalue weighted by Crippen LogP contribution is 2.36. The summed E-state index contributed by atoms with van der Waals surface area (Å²) >= 11 is 1.71. The molecule has 2 heterocycles. The third-order valence-corrected chi connectivity index (χ3v) is 4.03. The molecule has 1 aliphatic heterocycles. The van der Waals surface area contributed by atoms with Gasteiger partial charge in [-0.1, -0.05) is 0 Å². The molecular weight excluding hydrogens is 194 g/mol. The van der Waals surface area contributed by atoms with E-state index in [-0.39, 0.29) is 0 Å². The van der Waals surface area contributed by atoms with Crippen LogP contribution in [0.15, 0.2) is 11.4 Å². The van der Waals surface area contributed by atoms with Crippen LogP contribution in [-0.2, 0) is 5.60 Å². The van der Waals surface area contributed by atoms with E-state index in [9.17, 15) is 5.11 Å². The number of hydrogen-bond acceptors (Lipinski definition) is 3. The summed E-state index contributed by atoms with van der Waals surface area (Å²) in [6, 6.07) is 2.58. The van der Waals surface area contributed by atoms with Gasteiger partial charge >= 0.3 is 0 Å². The van der Waals surface area contributed by atoms with Gasteiger partial charge in [0.05, 0.1) is 0 Å². The smallest absolute Gasteiger partial charge is 0.105 e. The van der Waals surface area contributed by atoms with Crippen molar-refractivity contribution in [2.24, 2.45) is 0 Å². The number of thiophene rings is 1. The molecular formula is C11H17NOS. The van der Waals surface area contributed by atoms with Crippen LogP contribution in [0.2, 0.25) is 0 Å². The standard InChI is InChI=1S/C11H17NOS/c1-8-5-11(13,7-12(8)3)10-4-9(2)14-6-10/h4,6,8,13H,5,7H2,1-3H3. The Morgan fingerprint density at radius 2 is 2.36 bits per heavy atom. The average molecular weight is 211 g/mol. The summed E-state index contributed by atoms with van der Waals surface area (Å²) in [6.45, 7) is 5.00. The molecule has 3 heteroatoms. The van der Waals surface area contributed by atoms with E-state index in [1.807, 2.05) is 0 Å². The van der Waals surface area contributed by atoms with Gasteiger partial charge in [-0.25, -0.2) is 0 Å².